The Morgan fingerprint density at radius 1 is 0.500 bits per heavy atom. The maximum Gasteiger partial charge on any atom is 0.249 e. The Morgan fingerprint density at radius 3 is 1.72 bits per heavy atom. The molecule has 0 saturated heterocycles. The molecule has 7 aromatic carbocycles. The molecule has 50 heavy (non-hydrogen) atoms. The molecule has 2 aliphatic heterocycles. The summed E-state index contributed by atoms with van der Waals surface area (Å²) in [7, 11) is 0. The fourth-order valence-corrected chi connectivity index (χ4v) is 9.38. The van der Waals surface area contributed by atoms with Crippen LogP contribution in [0, 0.1) is 13.8 Å². The number of rotatable bonds is 5. The van der Waals surface area contributed by atoms with Crippen LogP contribution in [0.25, 0.3) is 38.8 Å². The molecule has 4 heteroatoms. The van der Waals surface area contributed by atoms with Gasteiger partial charge in [0.15, 0.2) is 0 Å². The van der Waals surface area contributed by atoms with Crippen LogP contribution >= 0.6 is 11.8 Å². The highest BCUT2D eigenvalue weighted by molar-refractivity contribution is 8.00. The minimum atomic E-state index is 0.195. The SMILES string of the molecule is Cc1c(C)n2c3c(cccc13)B1c3ccc(N(c4ccc(-c5ccccc5)cc4)c4ccc(-c5ccccc5)cc4)cc3Sc3cccc-2c31. The van der Waals surface area contributed by atoms with Gasteiger partial charge >= 0.3 is 0 Å². The second kappa shape index (κ2) is 11.4. The summed E-state index contributed by atoms with van der Waals surface area (Å²) in [5, 5.41) is 1.36. The third kappa shape index (κ3) is 4.45. The van der Waals surface area contributed by atoms with Gasteiger partial charge in [-0.2, -0.15) is 0 Å². The number of hydrogen-bond acceptors (Lipinski definition) is 2. The normalized spacial score (nSPS) is 12.5. The highest BCUT2D eigenvalue weighted by Gasteiger charge is 2.39. The second-order valence-corrected chi connectivity index (χ2v) is 14.5. The van der Waals surface area contributed by atoms with Crippen LogP contribution in [-0.2, 0) is 0 Å². The highest BCUT2D eigenvalue weighted by Crippen LogP contribution is 2.41. The van der Waals surface area contributed by atoms with Crippen molar-refractivity contribution in [3.63, 3.8) is 0 Å². The minimum absolute atomic E-state index is 0.195. The van der Waals surface area contributed by atoms with E-state index in [1.54, 1.807) is 0 Å². The van der Waals surface area contributed by atoms with Crippen molar-refractivity contribution in [1.29, 1.82) is 0 Å². The topological polar surface area (TPSA) is 8.17 Å². The summed E-state index contributed by atoms with van der Waals surface area (Å²) in [5.74, 6) is 0. The zero-order valence-electron chi connectivity index (χ0n) is 28.0. The van der Waals surface area contributed by atoms with Crippen molar-refractivity contribution in [1.82, 2.24) is 4.57 Å². The average molecular weight is 657 g/mol. The van der Waals surface area contributed by atoms with E-state index >= 15 is 0 Å². The van der Waals surface area contributed by atoms with Crippen molar-refractivity contribution in [2.45, 2.75) is 23.6 Å². The summed E-state index contributed by atoms with van der Waals surface area (Å²) in [6.07, 6.45) is 0. The largest absolute Gasteiger partial charge is 0.315 e. The van der Waals surface area contributed by atoms with Gasteiger partial charge in [-0.3, -0.25) is 0 Å². The van der Waals surface area contributed by atoms with E-state index in [1.165, 1.54) is 76.3 Å². The summed E-state index contributed by atoms with van der Waals surface area (Å²) in [6.45, 7) is 4.73. The number of anilines is 3. The Kier molecular flexibility index (Phi) is 6.69. The zero-order valence-corrected chi connectivity index (χ0v) is 28.8. The summed E-state index contributed by atoms with van der Waals surface area (Å²) in [5.41, 5.74) is 17.9. The third-order valence-electron chi connectivity index (χ3n) is 10.7. The smallest absolute Gasteiger partial charge is 0.249 e. The zero-order chi connectivity index (χ0) is 33.3. The van der Waals surface area contributed by atoms with Gasteiger partial charge in [-0.25, -0.2) is 0 Å². The fraction of sp³-hybridized carbons (Fsp3) is 0.0435. The van der Waals surface area contributed by atoms with E-state index in [0.29, 0.717) is 0 Å². The van der Waals surface area contributed by atoms with Gasteiger partial charge in [-0.15, -0.1) is 0 Å². The van der Waals surface area contributed by atoms with Crippen LogP contribution in [0.1, 0.15) is 11.3 Å². The summed E-state index contributed by atoms with van der Waals surface area (Å²) in [6, 6.07) is 60.1. The average Bonchev–Trinajstić information content (AvgIpc) is 3.44. The second-order valence-electron chi connectivity index (χ2n) is 13.4. The first-order valence-electron chi connectivity index (χ1n) is 17.3. The molecule has 0 aliphatic carbocycles. The maximum atomic E-state index is 2.51. The van der Waals surface area contributed by atoms with Gasteiger partial charge in [0.1, 0.15) is 0 Å². The molecule has 0 bridgehead atoms. The molecule has 0 unspecified atom stereocenters. The van der Waals surface area contributed by atoms with E-state index in [1.807, 2.05) is 11.8 Å². The Hall–Kier alpha value is -5.71. The predicted molar refractivity (Wildman–Crippen MR) is 214 cm³/mol. The number of aromatic nitrogens is 1. The van der Waals surface area contributed by atoms with Gasteiger partial charge in [0.25, 0.3) is 0 Å². The van der Waals surface area contributed by atoms with Crippen molar-refractivity contribution >= 4 is 62.8 Å². The van der Waals surface area contributed by atoms with Crippen LogP contribution in [0.15, 0.2) is 174 Å². The molecule has 2 aliphatic rings. The van der Waals surface area contributed by atoms with Crippen LogP contribution < -0.4 is 21.3 Å². The minimum Gasteiger partial charge on any atom is -0.315 e. The van der Waals surface area contributed by atoms with Crippen LogP contribution in [0.2, 0.25) is 0 Å². The first-order valence-corrected chi connectivity index (χ1v) is 18.1. The van der Waals surface area contributed by atoms with E-state index in [2.05, 4.69) is 187 Å². The van der Waals surface area contributed by atoms with Gasteiger partial charge < -0.3 is 9.47 Å². The lowest BCUT2D eigenvalue weighted by molar-refractivity contribution is 1.04. The molecule has 0 radical (unpaired) electrons. The Morgan fingerprint density at radius 2 is 1.08 bits per heavy atom. The van der Waals surface area contributed by atoms with Crippen LogP contribution in [0.3, 0.4) is 0 Å². The molecule has 10 rings (SSSR count). The van der Waals surface area contributed by atoms with Crippen molar-refractivity contribution in [2.75, 3.05) is 4.90 Å². The van der Waals surface area contributed by atoms with E-state index in [0.717, 1.165) is 17.1 Å². The van der Waals surface area contributed by atoms with Gasteiger partial charge in [0.05, 0.1) is 0 Å². The number of aryl methyl sites for hydroxylation is 1. The molecule has 0 spiro atoms. The molecular formula is C46H33BN2S. The van der Waals surface area contributed by atoms with E-state index in [-0.39, 0.29) is 6.71 Å². The van der Waals surface area contributed by atoms with Crippen molar-refractivity contribution in [3.05, 3.63) is 175 Å². The van der Waals surface area contributed by atoms with Crippen molar-refractivity contribution in [3.8, 4) is 27.9 Å². The fourth-order valence-electron chi connectivity index (χ4n) is 8.18. The van der Waals surface area contributed by atoms with Gasteiger partial charge in [-0.1, -0.05) is 132 Å². The molecule has 0 N–H and O–H groups in total. The van der Waals surface area contributed by atoms with E-state index in [4.69, 9.17) is 0 Å². The maximum absolute atomic E-state index is 2.51. The number of para-hydroxylation sites is 1. The van der Waals surface area contributed by atoms with Crippen LogP contribution in [0.4, 0.5) is 17.1 Å². The lowest BCUT2D eigenvalue weighted by Gasteiger charge is -2.34. The highest BCUT2D eigenvalue weighted by atomic mass is 32.2. The molecule has 0 saturated carbocycles. The molecule has 1 aromatic heterocycles. The van der Waals surface area contributed by atoms with Crippen LogP contribution in [0.5, 0.6) is 0 Å². The summed E-state index contributed by atoms with van der Waals surface area (Å²) >= 11 is 1.91. The summed E-state index contributed by atoms with van der Waals surface area (Å²) < 4.78 is 2.51. The van der Waals surface area contributed by atoms with Crippen LogP contribution in [-0.4, -0.2) is 11.3 Å². The van der Waals surface area contributed by atoms with Crippen molar-refractivity contribution in [2.24, 2.45) is 0 Å². The lowest BCUT2D eigenvalue weighted by atomic mass is 9.35. The van der Waals surface area contributed by atoms with Gasteiger partial charge in [-0.05, 0) is 101 Å². The quantitative estimate of drug-likeness (QED) is 0.170. The molecule has 2 nitrogen and oxygen atoms in total. The molecule has 0 fully saturated rings. The molecule has 236 valence electrons. The number of benzene rings is 7. The predicted octanol–water partition coefficient (Wildman–Crippen LogP) is 10.3. The van der Waals surface area contributed by atoms with Crippen molar-refractivity contribution < 1.29 is 0 Å². The summed E-state index contributed by atoms with van der Waals surface area (Å²) in [4.78, 5) is 5.06. The number of hydrogen-bond donors (Lipinski definition) is 0. The Labute approximate surface area is 297 Å². The standard InChI is InChI=1S/C46H33BN2S/c1-30-31(2)48-42-17-10-18-43-45(42)47(41-16-9-15-39(30)46(41)48)40-28-27-38(29-44(40)50-43)49(36-23-19-34(20-24-36)32-11-5-3-6-12-32)37-25-21-35(22-26-37)33-13-7-4-8-14-33/h3-29H,1-2H3. The monoisotopic (exact) mass is 656 g/mol. The third-order valence-corrected chi connectivity index (χ3v) is 11.9. The lowest BCUT2D eigenvalue weighted by Crippen LogP contribution is -2.58. The molecule has 8 aromatic rings. The number of fused-ring (bicyclic) bond motifs is 4. The number of nitrogens with zero attached hydrogens (tertiary/aromatic N) is 2. The Bertz CT molecular complexity index is 2490. The first kappa shape index (κ1) is 29.2. The van der Waals surface area contributed by atoms with E-state index < -0.39 is 0 Å². The van der Waals surface area contributed by atoms with E-state index in [9.17, 15) is 0 Å². The molecular weight excluding hydrogens is 623 g/mol. The van der Waals surface area contributed by atoms with Gasteiger partial charge in [0, 0.05) is 49.1 Å². The first-order chi connectivity index (χ1) is 24.6. The van der Waals surface area contributed by atoms with Gasteiger partial charge in [0.2, 0.25) is 6.71 Å². The molecule has 0 amide bonds. The molecule has 0 atom stereocenters. The Balaban J connectivity index is 1.12. The molecule has 3 heterocycles.